The fourth-order valence-electron chi connectivity index (χ4n) is 0.285. The summed E-state index contributed by atoms with van der Waals surface area (Å²) in [6.45, 7) is 4.53. The van der Waals surface area contributed by atoms with Crippen molar-refractivity contribution in [3.8, 4) is 0 Å². The molecule has 0 aromatic heterocycles. The maximum absolute atomic E-state index is 9.56. The molecule has 0 saturated heterocycles. The zero-order valence-electron chi connectivity index (χ0n) is 9.47. The third-order valence-electron chi connectivity index (χ3n) is 0.644. The Morgan fingerprint density at radius 3 is 1.53 bits per heavy atom. The van der Waals surface area contributed by atoms with Crippen molar-refractivity contribution in [2.75, 3.05) is 0 Å². The van der Waals surface area contributed by atoms with Gasteiger partial charge in [0, 0.05) is 25.9 Å². The van der Waals surface area contributed by atoms with E-state index in [9.17, 15) is 9.59 Å². The predicted molar refractivity (Wildman–Crippen MR) is 56.6 cm³/mol. The van der Waals surface area contributed by atoms with Crippen LogP contribution in [0.1, 0.15) is 40.0 Å². The van der Waals surface area contributed by atoms with E-state index in [4.69, 9.17) is 15.0 Å². The van der Waals surface area contributed by atoms with Crippen LogP contribution in [0.4, 0.5) is 0 Å². The maximum atomic E-state index is 9.56. The topological polar surface area (TPSA) is 91.7 Å². The third-order valence-corrected chi connectivity index (χ3v) is 0.644. The summed E-state index contributed by atoms with van der Waals surface area (Å²) in [7, 11) is 0. The first kappa shape index (κ1) is 19.4. The van der Waals surface area contributed by atoms with Crippen molar-refractivity contribution < 1.29 is 24.6 Å². The quantitative estimate of drug-likeness (QED) is 0.545. The first-order valence-corrected chi connectivity index (χ1v) is 4.63. The van der Waals surface area contributed by atoms with E-state index < -0.39 is 5.97 Å². The van der Waals surface area contributed by atoms with Crippen molar-refractivity contribution in [2.45, 2.75) is 46.1 Å². The summed E-state index contributed by atoms with van der Waals surface area (Å²) in [4.78, 5) is 28.1. The molecule has 0 amide bonds. The van der Waals surface area contributed by atoms with E-state index in [1.54, 1.807) is 13.8 Å². The second kappa shape index (κ2) is 18.5. The average Bonchev–Trinajstić information content (AvgIpc) is 2.03. The molecule has 0 spiro atoms. The maximum Gasteiger partial charge on any atom is 0.300 e. The Balaban J connectivity index is -0.000000155. The van der Waals surface area contributed by atoms with Gasteiger partial charge in [-0.3, -0.25) is 4.79 Å². The summed E-state index contributed by atoms with van der Waals surface area (Å²) in [6, 6.07) is 0. The molecule has 90 valence electrons. The molecular weight excluding hydrogens is 200 g/mol. The van der Waals surface area contributed by atoms with Gasteiger partial charge in [-0.15, -0.1) is 0 Å². The fourth-order valence-corrected chi connectivity index (χ4v) is 0.285. The van der Waals surface area contributed by atoms with E-state index in [1.165, 1.54) is 0 Å². The molecule has 5 heteroatoms. The summed E-state index contributed by atoms with van der Waals surface area (Å²) < 4.78 is 0. The molecule has 2 N–H and O–H groups in total. The summed E-state index contributed by atoms with van der Waals surface area (Å²) in [5, 5.41) is 15.5. The van der Waals surface area contributed by atoms with Gasteiger partial charge in [0.15, 0.2) is 0 Å². The molecule has 0 rings (SSSR count). The molecule has 0 heterocycles. The zero-order chi connectivity index (χ0) is 12.7. The fraction of sp³-hybridized carbons (Fsp3) is 0.700. The van der Waals surface area contributed by atoms with Crippen molar-refractivity contribution in [3.05, 3.63) is 0 Å². The van der Waals surface area contributed by atoms with Gasteiger partial charge < -0.3 is 19.8 Å². The summed E-state index contributed by atoms with van der Waals surface area (Å²) >= 11 is 0. The van der Waals surface area contributed by atoms with Crippen LogP contribution in [0.3, 0.4) is 0 Å². The highest BCUT2D eigenvalue weighted by molar-refractivity contribution is 5.62. The summed E-state index contributed by atoms with van der Waals surface area (Å²) in [6.07, 6.45) is 3.21. The molecule has 0 atom stereocenters. The van der Waals surface area contributed by atoms with E-state index in [0.29, 0.717) is 19.3 Å². The lowest BCUT2D eigenvalue weighted by molar-refractivity contribution is -0.134. The monoisotopic (exact) mass is 220 g/mol. The SMILES string of the molecule is CC(=O)O.CC(C)O.O=CCCCC=O. The molecule has 0 aromatic rings. The first-order chi connectivity index (χ1) is 6.88. The smallest absolute Gasteiger partial charge is 0.300 e. The Bertz CT molecular complexity index is 139. The van der Waals surface area contributed by atoms with Crippen LogP contribution in [0.25, 0.3) is 0 Å². The molecule has 15 heavy (non-hydrogen) atoms. The lowest BCUT2D eigenvalue weighted by atomic mass is 10.3. The highest BCUT2D eigenvalue weighted by Gasteiger charge is 1.80. The number of rotatable bonds is 4. The molecule has 0 bridgehead atoms. The molecular formula is C10H20O5. The van der Waals surface area contributed by atoms with Gasteiger partial charge in [-0.1, -0.05) is 0 Å². The van der Waals surface area contributed by atoms with E-state index in [2.05, 4.69) is 0 Å². The van der Waals surface area contributed by atoms with Crippen molar-refractivity contribution in [3.63, 3.8) is 0 Å². The number of aliphatic hydroxyl groups is 1. The van der Waals surface area contributed by atoms with Gasteiger partial charge in [-0.2, -0.15) is 0 Å². The number of aliphatic hydroxyl groups excluding tert-OH is 1. The number of carbonyl (C=O) groups excluding carboxylic acids is 2. The number of hydrogen-bond acceptors (Lipinski definition) is 4. The van der Waals surface area contributed by atoms with Crippen LogP contribution in [0.5, 0.6) is 0 Å². The van der Waals surface area contributed by atoms with Gasteiger partial charge in [-0.05, 0) is 20.3 Å². The van der Waals surface area contributed by atoms with Crippen LogP contribution in [-0.4, -0.2) is 34.9 Å². The van der Waals surface area contributed by atoms with Gasteiger partial charge in [0.1, 0.15) is 12.6 Å². The molecule has 0 fully saturated rings. The van der Waals surface area contributed by atoms with Crippen LogP contribution in [0.2, 0.25) is 0 Å². The number of carboxylic acids is 1. The summed E-state index contributed by atoms with van der Waals surface area (Å²) in [5.74, 6) is -0.833. The molecule has 0 aliphatic heterocycles. The number of carboxylic acid groups (broad SMARTS) is 1. The Morgan fingerprint density at radius 1 is 1.20 bits per heavy atom. The molecule has 0 aliphatic carbocycles. The Morgan fingerprint density at radius 2 is 1.40 bits per heavy atom. The predicted octanol–water partition coefficient (Wildman–Crippen LogP) is 1.03. The van der Waals surface area contributed by atoms with Gasteiger partial charge in [0.25, 0.3) is 5.97 Å². The standard InChI is InChI=1S/C5H8O2.C3H8O.C2H4O2/c6-4-2-1-3-5-7;1-3(2)4;1-2(3)4/h4-5H,1-3H2;3-4H,1-2H3;1H3,(H,3,4). The number of unbranched alkanes of at least 4 members (excludes halogenated alkanes) is 2. The van der Waals surface area contributed by atoms with Gasteiger partial charge in [0.05, 0.1) is 0 Å². The lowest BCUT2D eigenvalue weighted by Crippen LogP contribution is -1.85. The van der Waals surface area contributed by atoms with Crippen LogP contribution in [-0.2, 0) is 14.4 Å². The van der Waals surface area contributed by atoms with Crippen LogP contribution >= 0.6 is 0 Å². The normalized spacial score (nSPS) is 7.80. The minimum Gasteiger partial charge on any atom is -0.481 e. The molecule has 0 saturated carbocycles. The highest BCUT2D eigenvalue weighted by Crippen LogP contribution is 1.85. The molecule has 0 radical (unpaired) electrons. The van der Waals surface area contributed by atoms with Crippen LogP contribution in [0.15, 0.2) is 0 Å². The molecule has 0 aliphatic rings. The van der Waals surface area contributed by atoms with E-state index >= 15 is 0 Å². The highest BCUT2D eigenvalue weighted by atomic mass is 16.4. The van der Waals surface area contributed by atoms with Gasteiger partial charge in [-0.25, -0.2) is 0 Å². The van der Waals surface area contributed by atoms with Crippen molar-refractivity contribution in [2.24, 2.45) is 0 Å². The third kappa shape index (κ3) is 193. The zero-order valence-corrected chi connectivity index (χ0v) is 9.47. The Labute approximate surface area is 90.1 Å². The van der Waals surface area contributed by atoms with Crippen molar-refractivity contribution in [1.82, 2.24) is 0 Å². The molecule has 5 nitrogen and oxygen atoms in total. The van der Waals surface area contributed by atoms with Crippen LogP contribution in [0, 0.1) is 0 Å². The second-order valence-corrected chi connectivity index (χ2v) is 2.88. The van der Waals surface area contributed by atoms with Crippen LogP contribution < -0.4 is 0 Å². The number of aliphatic carboxylic acids is 1. The van der Waals surface area contributed by atoms with Gasteiger partial charge in [0.2, 0.25) is 0 Å². The minimum absolute atomic E-state index is 0.167. The second-order valence-electron chi connectivity index (χ2n) is 2.88. The Hall–Kier alpha value is -1.23. The summed E-state index contributed by atoms with van der Waals surface area (Å²) in [5.41, 5.74) is 0. The van der Waals surface area contributed by atoms with Crippen molar-refractivity contribution >= 4 is 18.5 Å². The number of carbonyl (C=O) groups is 3. The lowest BCUT2D eigenvalue weighted by Gasteiger charge is -1.80. The average molecular weight is 220 g/mol. The Kier molecular flexibility index (Phi) is 23.9. The number of hydrogen-bond donors (Lipinski definition) is 2. The van der Waals surface area contributed by atoms with Gasteiger partial charge >= 0.3 is 0 Å². The van der Waals surface area contributed by atoms with E-state index in [1.807, 2.05) is 0 Å². The molecule has 0 unspecified atom stereocenters. The largest absolute Gasteiger partial charge is 0.481 e. The molecule has 0 aromatic carbocycles. The first-order valence-electron chi connectivity index (χ1n) is 4.63. The van der Waals surface area contributed by atoms with E-state index in [0.717, 1.165) is 19.5 Å². The minimum atomic E-state index is -0.833. The van der Waals surface area contributed by atoms with E-state index in [-0.39, 0.29) is 6.10 Å². The number of aldehydes is 2. The van der Waals surface area contributed by atoms with Crippen molar-refractivity contribution in [1.29, 1.82) is 0 Å².